The number of hydrogen-bond acceptors (Lipinski definition) is 8. The van der Waals surface area contributed by atoms with Gasteiger partial charge in [0.1, 0.15) is 24.1 Å². The largest absolute Gasteiger partial charge is 0.462 e. The lowest BCUT2D eigenvalue weighted by atomic mass is 9.82. The third-order valence-electron chi connectivity index (χ3n) is 4.80. The fraction of sp³-hybridized carbons (Fsp3) is 0.722. The minimum atomic E-state index is -1.08. The standard InChI is InChI=1S/C18H25NO8/c1-8-12(16(23)25-7-26-17(24)18(4,5)6)19-13(14(8)21)11(15(19)22)9(2)27-10(3)20/h8-9,11-13H,7H2,1-6H3/t8?,9?,11?,12?,13-/m0/s1. The second-order valence-corrected chi connectivity index (χ2v) is 7.93. The van der Waals surface area contributed by atoms with E-state index in [2.05, 4.69) is 0 Å². The number of β-lactam (4-membered cyclic amide) rings is 1. The maximum absolute atomic E-state index is 12.5. The van der Waals surface area contributed by atoms with Gasteiger partial charge >= 0.3 is 17.9 Å². The van der Waals surface area contributed by atoms with Crippen molar-refractivity contribution in [2.75, 3.05) is 6.79 Å². The number of carbonyl (C=O) groups excluding carboxylic acids is 5. The van der Waals surface area contributed by atoms with Gasteiger partial charge in [-0.2, -0.15) is 0 Å². The molecule has 1 amide bonds. The van der Waals surface area contributed by atoms with Crippen LogP contribution in [0.4, 0.5) is 0 Å². The number of esters is 3. The maximum Gasteiger partial charge on any atom is 0.332 e. The highest BCUT2D eigenvalue weighted by molar-refractivity contribution is 6.08. The Morgan fingerprint density at radius 2 is 1.74 bits per heavy atom. The summed E-state index contributed by atoms with van der Waals surface area (Å²) in [7, 11) is 0. The molecule has 0 aromatic heterocycles. The van der Waals surface area contributed by atoms with Crippen LogP contribution in [0.25, 0.3) is 0 Å². The molecule has 4 unspecified atom stereocenters. The van der Waals surface area contributed by atoms with Gasteiger partial charge in [-0.15, -0.1) is 0 Å². The zero-order valence-electron chi connectivity index (χ0n) is 16.3. The van der Waals surface area contributed by atoms with E-state index in [1.54, 1.807) is 20.8 Å². The number of ketones is 1. The zero-order valence-corrected chi connectivity index (χ0v) is 16.3. The van der Waals surface area contributed by atoms with Gasteiger partial charge in [-0.1, -0.05) is 6.92 Å². The number of Topliss-reactive ketones (excluding diaryl/α,β-unsaturated/α-hetero) is 1. The molecule has 2 saturated heterocycles. The molecule has 2 rings (SSSR count). The van der Waals surface area contributed by atoms with E-state index in [4.69, 9.17) is 14.2 Å². The van der Waals surface area contributed by atoms with Crippen molar-refractivity contribution < 1.29 is 38.2 Å². The number of ether oxygens (including phenoxy) is 3. The highest BCUT2D eigenvalue weighted by Crippen LogP contribution is 2.42. The molecule has 2 aliphatic heterocycles. The SMILES string of the molecule is CC(=O)OC(C)C1C(=O)N2C(C(=O)OCOC(=O)C(C)(C)C)C(C)C(=O)[C@H]12. The van der Waals surface area contributed by atoms with Crippen molar-refractivity contribution in [3.63, 3.8) is 0 Å². The number of fused-ring (bicyclic) bond motifs is 1. The molecule has 0 N–H and O–H groups in total. The number of nitrogens with zero attached hydrogens (tertiary/aromatic N) is 1. The molecule has 0 bridgehead atoms. The molecule has 2 aliphatic rings. The Hall–Kier alpha value is -2.45. The summed E-state index contributed by atoms with van der Waals surface area (Å²) in [6.45, 7) is 8.67. The summed E-state index contributed by atoms with van der Waals surface area (Å²) >= 11 is 0. The van der Waals surface area contributed by atoms with E-state index in [-0.39, 0.29) is 5.78 Å². The summed E-state index contributed by atoms with van der Waals surface area (Å²) in [5, 5.41) is 0. The zero-order chi connectivity index (χ0) is 20.7. The number of amides is 1. The lowest BCUT2D eigenvalue weighted by molar-refractivity contribution is -0.185. The van der Waals surface area contributed by atoms with Gasteiger partial charge < -0.3 is 19.1 Å². The van der Waals surface area contributed by atoms with Crippen molar-refractivity contribution in [3.05, 3.63) is 0 Å². The fourth-order valence-electron chi connectivity index (χ4n) is 3.38. The Bertz CT molecular complexity index is 679. The van der Waals surface area contributed by atoms with E-state index in [0.29, 0.717) is 0 Å². The molecular formula is C18H25NO8. The second-order valence-electron chi connectivity index (χ2n) is 7.93. The lowest BCUT2D eigenvalue weighted by Crippen LogP contribution is -2.66. The third-order valence-corrected chi connectivity index (χ3v) is 4.80. The Morgan fingerprint density at radius 1 is 1.15 bits per heavy atom. The Morgan fingerprint density at radius 3 is 2.26 bits per heavy atom. The van der Waals surface area contributed by atoms with Gasteiger partial charge in [-0.3, -0.25) is 19.2 Å². The molecule has 27 heavy (non-hydrogen) atoms. The van der Waals surface area contributed by atoms with E-state index in [9.17, 15) is 24.0 Å². The van der Waals surface area contributed by atoms with Crippen LogP contribution in [0.1, 0.15) is 41.5 Å². The number of hydrogen-bond donors (Lipinski definition) is 0. The molecule has 9 heteroatoms. The van der Waals surface area contributed by atoms with Gasteiger partial charge in [0.05, 0.1) is 5.41 Å². The van der Waals surface area contributed by atoms with Crippen LogP contribution in [-0.2, 0) is 38.2 Å². The van der Waals surface area contributed by atoms with Crippen LogP contribution in [0.2, 0.25) is 0 Å². The van der Waals surface area contributed by atoms with Gasteiger partial charge in [-0.05, 0) is 27.7 Å². The van der Waals surface area contributed by atoms with Crippen molar-refractivity contribution in [3.8, 4) is 0 Å². The molecule has 9 nitrogen and oxygen atoms in total. The minimum Gasteiger partial charge on any atom is -0.462 e. The molecule has 0 saturated carbocycles. The summed E-state index contributed by atoms with van der Waals surface area (Å²) in [4.78, 5) is 61.3. The van der Waals surface area contributed by atoms with Crippen LogP contribution in [0.15, 0.2) is 0 Å². The van der Waals surface area contributed by atoms with Crippen molar-refractivity contribution >= 4 is 29.6 Å². The van der Waals surface area contributed by atoms with Crippen LogP contribution in [0.5, 0.6) is 0 Å². The summed E-state index contributed by atoms with van der Waals surface area (Å²) in [5.41, 5.74) is -0.748. The summed E-state index contributed by atoms with van der Waals surface area (Å²) in [6.07, 6.45) is -0.769. The maximum atomic E-state index is 12.5. The van der Waals surface area contributed by atoms with Crippen molar-refractivity contribution in [1.82, 2.24) is 4.90 Å². The summed E-state index contributed by atoms with van der Waals surface area (Å²) in [5.74, 6) is -4.21. The molecule has 0 aliphatic carbocycles. The number of rotatable bonds is 5. The predicted molar refractivity (Wildman–Crippen MR) is 89.8 cm³/mol. The molecule has 2 fully saturated rings. The van der Waals surface area contributed by atoms with Gasteiger partial charge in [0.25, 0.3) is 0 Å². The Balaban J connectivity index is 2.02. The van der Waals surface area contributed by atoms with E-state index in [1.807, 2.05) is 0 Å². The van der Waals surface area contributed by atoms with Crippen molar-refractivity contribution in [1.29, 1.82) is 0 Å². The van der Waals surface area contributed by atoms with Crippen molar-refractivity contribution in [2.45, 2.75) is 59.7 Å². The Kier molecular flexibility index (Phi) is 5.63. The summed E-state index contributed by atoms with van der Waals surface area (Å²) < 4.78 is 14.9. The Labute approximate surface area is 157 Å². The lowest BCUT2D eigenvalue weighted by Gasteiger charge is -2.45. The topological polar surface area (TPSA) is 116 Å². The first-order valence-corrected chi connectivity index (χ1v) is 8.75. The fourth-order valence-corrected chi connectivity index (χ4v) is 3.38. The van der Waals surface area contributed by atoms with E-state index >= 15 is 0 Å². The monoisotopic (exact) mass is 383 g/mol. The van der Waals surface area contributed by atoms with E-state index < -0.39 is 66.0 Å². The predicted octanol–water partition coefficient (Wildman–Crippen LogP) is 0.442. The second kappa shape index (κ2) is 7.28. The molecular weight excluding hydrogens is 358 g/mol. The van der Waals surface area contributed by atoms with Crippen LogP contribution in [0, 0.1) is 17.3 Å². The van der Waals surface area contributed by atoms with Gasteiger partial charge in [0.15, 0.2) is 5.78 Å². The normalized spacial score (nSPS) is 28.1. The van der Waals surface area contributed by atoms with Crippen LogP contribution >= 0.6 is 0 Å². The van der Waals surface area contributed by atoms with Crippen molar-refractivity contribution in [2.24, 2.45) is 17.3 Å². The average molecular weight is 383 g/mol. The van der Waals surface area contributed by atoms with E-state index in [1.165, 1.54) is 25.7 Å². The summed E-state index contributed by atoms with van der Waals surface area (Å²) in [6, 6.07) is -1.90. The average Bonchev–Trinajstić information content (AvgIpc) is 2.74. The third kappa shape index (κ3) is 3.81. The smallest absolute Gasteiger partial charge is 0.332 e. The first kappa shape index (κ1) is 20.9. The van der Waals surface area contributed by atoms with Crippen LogP contribution in [0.3, 0.4) is 0 Å². The number of carbonyl (C=O) groups is 5. The van der Waals surface area contributed by atoms with Gasteiger partial charge in [0, 0.05) is 12.8 Å². The molecule has 0 aromatic carbocycles. The first-order chi connectivity index (χ1) is 12.4. The molecule has 2 heterocycles. The van der Waals surface area contributed by atoms with E-state index in [0.717, 1.165) is 0 Å². The van der Waals surface area contributed by atoms with Crippen LogP contribution < -0.4 is 0 Å². The molecule has 0 radical (unpaired) electrons. The van der Waals surface area contributed by atoms with Gasteiger partial charge in [0.2, 0.25) is 12.7 Å². The highest BCUT2D eigenvalue weighted by atomic mass is 16.7. The first-order valence-electron chi connectivity index (χ1n) is 8.75. The molecule has 5 atom stereocenters. The van der Waals surface area contributed by atoms with Gasteiger partial charge in [-0.25, -0.2) is 4.79 Å². The molecule has 150 valence electrons. The quantitative estimate of drug-likeness (QED) is 0.381. The van der Waals surface area contributed by atoms with Crippen LogP contribution in [-0.4, -0.2) is 59.5 Å². The molecule has 0 spiro atoms. The highest BCUT2D eigenvalue weighted by Gasteiger charge is 2.65. The minimum absolute atomic E-state index is 0.285. The molecule has 0 aromatic rings.